The molecule has 3 fully saturated rings. The predicted molar refractivity (Wildman–Crippen MR) is 96.6 cm³/mol. The molecule has 0 saturated carbocycles. The van der Waals surface area contributed by atoms with E-state index in [1.54, 1.807) is 0 Å². The van der Waals surface area contributed by atoms with Crippen LogP contribution in [0.3, 0.4) is 0 Å². The molecule has 5 heteroatoms. The van der Waals surface area contributed by atoms with Crippen LogP contribution in [0.1, 0.15) is 18.4 Å². The molecule has 0 N–H and O–H groups in total. The highest BCUT2D eigenvalue weighted by Gasteiger charge is 2.32. The molecule has 0 atom stereocenters. The van der Waals surface area contributed by atoms with E-state index < -0.39 is 0 Å². The van der Waals surface area contributed by atoms with Crippen molar-refractivity contribution in [3.63, 3.8) is 0 Å². The van der Waals surface area contributed by atoms with Crippen LogP contribution in [-0.4, -0.2) is 53.1 Å². The number of carbonyl (C=O) groups excluding carboxylic acids is 1. The summed E-state index contributed by atoms with van der Waals surface area (Å²) < 4.78 is 5.62. The van der Waals surface area contributed by atoms with Crippen LogP contribution in [0.5, 0.6) is 5.75 Å². The topological polar surface area (TPSA) is 45.7 Å². The molecule has 130 valence electrons. The molecular formula is C20H23N3O2. The van der Waals surface area contributed by atoms with Crippen LogP contribution >= 0.6 is 0 Å². The first-order valence-electron chi connectivity index (χ1n) is 8.93. The number of hydrogen-bond donors (Lipinski definition) is 0. The van der Waals surface area contributed by atoms with E-state index in [-0.39, 0.29) is 6.09 Å². The first-order chi connectivity index (χ1) is 12.2. The number of pyridine rings is 1. The zero-order valence-electron chi connectivity index (χ0n) is 14.5. The molecule has 1 aromatic heterocycles. The minimum Gasteiger partial charge on any atom is -0.410 e. The lowest BCUT2D eigenvalue weighted by atomic mass is 10.1. The van der Waals surface area contributed by atoms with Gasteiger partial charge in [0.2, 0.25) is 0 Å². The number of hydrogen-bond acceptors (Lipinski definition) is 4. The zero-order chi connectivity index (χ0) is 17.2. The molecule has 1 aromatic carbocycles. The van der Waals surface area contributed by atoms with Crippen molar-refractivity contribution in [2.24, 2.45) is 0 Å². The third kappa shape index (κ3) is 3.51. The van der Waals surface area contributed by atoms with Crippen LogP contribution in [0.15, 0.2) is 42.6 Å². The summed E-state index contributed by atoms with van der Waals surface area (Å²) >= 11 is 0. The lowest BCUT2D eigenvalue weighted by Gasteiger charge is -2.30. The summed E-state index contributed by atoms with van der Waals surface area (Å²) in [6, 6.07) is 11.9. The number of aromatic nitrogens is 1. The highest BCUT2D eigenvalue weighted by atomic mass is 16.6. The van der Waals surface area contributed by atoms with Gasteiger partial charge in [-0.05, 0) is 61.7 Å². The van der Waals surface area contributed by atoms with E-state index in [1.165, 1.54) is 5.56 Å². The van der Waals surface area contributed by atoms with Gasteiger partial charge in [0.25, 0.3) is 0 Å². The predicted octanol–water partition coefficient (Wildman–Crippen LogP) is 3.34. The van der Waals surface area contributed by atoms with E-state index in [4.69, 9.17) is 4.74 Å². The number of fused-ring (bicyclic) bond motifs is 4. The zero-order valence-corrected chi connectivity index (χ0v) is 14.5. The third-order valence-corrected chi connectivity index (χ3v) is 5.16. The standard InChI is InChI=1S/C20H23N3O2/c1-15-6-9-21-19(14-15)16-2-4-18(5-3-16)25-20(24)23-13-12-22-10-7-17(23)8-11-22/h2-6,9,14,17H,7-8,10-13H2,1H3. The van der Waals surface area contributed by atoms with Crippen molar-refractivity contribution in [1.82, 2.24) is 14.8 Å². The maximum Gasteiger partial charge on any atom is 0.415 e. The van der Waals surface area contributed by atoms with E-state index in [2.05, 4.69) is 9.88 Å². The van der Waals surface area contributed by atoms with Crippen molar-refractivity contribution in [3.05, 3.63) is 48.2 Å². The van der Waals surface area contributed by atoms with Crippen LogP contribution in [0, 0.1) is 6.92 Å². The maximum atomic E-state index is 12.6. The Morgan fingerprint density at radius 2 is 1.84 bits per heavy atom. The summed E-state index contributed by atoms with van der Waals surface area (Å²) in [7, 11) is 0. The number of benzene rings is 1. The Bertz CT molecular complexity index is 752. The molecule has 1 amide bonds. The molecule has 5 nitrogen and oxygen atoms in total. The summed E-state index contributed by atoms with van der Waals surface area (Å²) in [6.07, 6.45) is 3.68. The lowest BCUT2D eigenvalue weighted by molar-refractivity contribution is 0.131. The summed E-state index contributed by atoms with van der Waals surface area (Å²) in [5.41, 5.74) is 3.12. The van der Waals surface area contributed by atoms with Crippen LogP contribution in [0.4, 0.5) is 4.79 Å². The van der Waals surface area contributed by atoms with Gasteiger partial charge >= 0.3 is 6.09 Å². The molecule has 2 aromatic rings. The molecule has 3 aliphatic heterocycles. The van der Waals surface area contributed by atoms with E-state index in [0.29, 0.717) is 11.8 Å². The fourth-order valence-corrected chi connectivity index (χ4v) is 3.67. The fraction of sp³-hybridized carbons (Fsp3) is 0.400. The van der Waals surface area contributed by atoms with Crippen molar-refractivity contribution in [2.45, 2.75) is 25.8 Å². The van der Waals surface area contributed by atoms with Gasteiger partial charge in [0, 0.05) is 44.0 Å². The average molecular weight is 337 g/mol. The van der Waals surface area contributed by atoms with Gasteiger partial charge in [-0.2, -0.15) is 0 Å². The molecule has 3 saturated heterocycles. The van der Waals surface area contributed by atoms with Crippen molar-refractivity contribution in [1.29, 1.82) is 0 Å². The van der Waals surface area contributed by atoms with E-state index >= 15 is 0 Å². The maximum absolute atomic E-state index is 12.6. The molecule has 3 aliphatic rings. The molecule has 0 aliphatic carbocycles. The largest absolute Gasteiger partial charge is 0.415 e. The van der Waals surface area contributed by atoms with E-state index in [9.17, 15) is 4.79 Å². The summed E-state index contributed by atoms with van der Waals surface area (Å²) in [6.45, 7) is 5.93. The Morgan fingerprint density at radius 3 is 2.56 bits per heavy atom. The van der Waals surface area contributed by atoms with Gasteiger partial charge in [0.05, 0.1) is 5.69 Å². The summed E-state index contributed by atoms with van der Waals surface area (Å²) in [4.78, 5) is 21.3. The molecule has 2 bridgehead atoms. The van der Waals surface area contributed by atoms with Gasteiger partial charge in [0.1, 0.15) is 5.75 Å². The number of nitrogens with zero attached hydrogens (tertiary/aromatic N) is 3. The fourth-order valence-electron chi connectivity index (χ4n) is 3.67. The number of ether oxygens (including phenoxy) is 1. The first kappa shape index (κ1) is 16.1. The van der Waals surface area contributed by atoms with Crippen LogP contribution in [0.2, 0.25) is 0 Å². The molecule has 0 unspecified atom stereocenters. The molecule has 25 heavy (non-hydrogen) atoms. The Morgan fingerprint density at radius 1 is 1.08 bits per heavy atom. The molecule has 0 spiro atoms. The third-order valence-electron chi connectivity index (χ3n) is 5.16. The Labute approximate surface area is 148 Å². The van der Waals surface area contributed by atoms with E-state index in [0.717, 1.165) is 50.3 Å². The minimum atomic E-state index is -0.227. The number of amides is 1. The van der Waals surface area contributed by atoms with Gasteiger partial charge < -0.3 is 14.5 Å². The second-order valence-electron chi connectivity index (χ2n) is 6.88. The lowest BCUT2D eigenvalue weighted by Crippen LogP contribution is -2.43. The van der Waals surface area contributed by atoms with Crippen LogP contribution in [0.25, 0.3) is 11.3 Å². The van der Waals surface area contributed by atoms with Crippen molar-refractivity contribution >= 4 is 6.09 Å². The summed E-state index contributed by atoms with van der Waals surface area (Å²) in [5, 5.41) is 0. The van der Waals surface area contributed by atoms with Crippen molar-refractivity contribution in [2.75, 3.05) is 26.2 Å². The molecular weight excluding hydrogens is 314 g/mol. The second kappa shape index (κ2) is 6.84. The normalized spacial score (nSPS) is 22.5. The Hall–Kier alpha value is -2.40. The van der Waals surface area contributed by atoms with Gasteiger partial charge in [-0.3, -0.25) is 4.98 Å². The smallest absolute Gasteiger partial charge is 0.410 e. The highest BCUT2D eigenvalue weighted by Crippen LogP contribution is 2.24. The Balaban J connectivity index is 1.45. The Kier molecular flexibility index (Phi) is 4.40. The minimum absolute atomic E-state index is 0.227. The highest BCUT2D eigenvalue weighted by molar-refractivity contribution is 5.72. The number of rotatable bonds is 2. The van der Waals surface area contributed by atoms with Crippen LogP contribution in [-0.2, 0) is 0 Å². The van der Waals surface area contributed by atoms with Crippen molar-refractivity contribution < 1.29 is 9.53 Å². The number of piperidine rings is 1. The van der Waals surface area contributed by atoms with Gasteiger partial charge in [0.15, 0.2) is 0 Å². The SMILES string of the molecule is Cc1ccnc(-c2ccc(OC(=O)N3CCN4CCC3CC4)cc2)c1. The molecule has 5 rings (SSSR count). The van der Waals surface area contributed by atoms with Crippen LogP contribution < -0.4 is 4.74 Å². The van der Waals surface area contributed by atoms with Gasteiger partial charge in [-0.15, -0.1) is 0 Å². The quantitative estimate of drug-likeness (QED) is 0.843. The monoisotopic (exact) mass is 337 g/mol. The molecule has 0 radical (unpaired) electrons. The van der Waals surface area contributed by atoms with Gasteiger partial charge in [-0.25, -0.2) is 4.79 Å². The average Bonchev–Trinajstić information content (AvgIpc) is 2.96. The second-order valence-corrected chi connectivity index (χ2v) is 6.88. The number of aryl methyl sites for hydroxylation is 1. The first-order valence-corrected chi connectivity index (χ1v) is 8.93. The summed E-state index contributed by atoms with van der Waals surface area (Å²) in [5.74, 6) is 0.584. The van der Waals surface area contributed by atoms with Crippen molar-refractivity contribution in [3.8, 4) is 17.0 Å². The van der Waals surface area contributed by atoms with E-state index in [1.807, 2.05) is 54.4 Å². The molecule has 4 heterocycles. The van der Waals surface area contributed by atoms with Gasteiger partial charge in [-0.1, -0.05) is 0 Å². The number of carbonyl (C=O) groups is 1.